The molecule has 1 fully saturated rings. The monoisotopic (exact) mass is 373 g/mol. The van der Waals surface area contributed by atoms with Gasteiger partial charge < -0.3 is 15.1 Å². The third-order valence-corrected chi connectivity index (χ3v) is 5.25. The lowest BCUT2D eigenvalue weighted by molar-refractivity contribution is -0.129. The van der Waals surface area contributed by atoms with Gasteiger partial charge in [0.1, 0.15) is 0 Å². The van der Waals surface area contributed by atoms with Crippen molar-refractivity contribution in [3.05, 3.63) is 72.3 Å². The molecule has 3 aromatic carbocycles. The Balaban J connectivity index is 1.45. The van der Waals surface area contributed by atoms with E-state index in [0.717, 1.165) is 48.3 Å². The molecule has 142 valence electrons. The molecule has 1 aliphatic rings. The zero-order valence-corrected chi connectivity index (χ0v) is 15.9. The number of nitrogens with one attached hydrogen (secondary N) is 1. The topological polar surface area (TPSA) is 52.7 Å². The van der Waals surface area contributed by atoms with E-state index in [-0.39, 0.29) is 11.8 Å². The van der Waals surface area contributed by atoms with Crippen LogP contribution in [0.25, 0.3) is 10.8 Å². The van der Waals surface area contributed by atoms with Gasteiger partial charge in [0.05, 0.1) is 0 Å². The van der Waals surface area contributed by atoms with Gasteiger partial charge >= 0.3 is 0 Å². The van der Waals surface area contributed by atoms with Crippen LogP contribution >= 0.6 is 0 Å². The van der Waals surface area contributed by atoms with Crippen LogP contribution in [0.15, 0.2) is 66.7 Å². The Morgan fingerprint density at radius 1 is 0.821 bits per heavy atom. The van der Waals surface area contributed by atoms with Crippen molar-refractivity contribution in [3.63, 3.8) is 0 Å². The van der Waals surface area contributed by atoms with Gasteiger partial charge in [0.15, 0.2) is 0 Å². The molecule has 3 aromatic rings. The number of anilines is 2. The highest BCUT2D eigenvalue weighted by Gasteiger charge is 2.18. The molecular weight excluding hydrogens is 350 g/mol. The van der Waals surface area contributed by atoms with Gasteiger partial charge in [0.2, 0.25) is 5.91 Å². The molecule has 1 aliphatic heterocycles. The Labute approximate surface area is 164 Å². The van der Waals surface area contributed by atoms with Gasteiger partial charge in [-0.2, -0.15) is 0 Å². The van der Waals surface area contributed by atoms with Gasteiger partial charge in [-0.15, -0.1) is 0 Å². The summed E-state index contributed by atoms with van der Waals surface area (Å²) in [6.07, 6.45) is 0. The van der Waals surface area contributed by atoms with Crippen LogP contribution in [0.2, 0.25) is 0 Å². The van der Waals surface area contributed by atoms with Crippen LogP contribution in [0.3, 0.4) is 0 Å². The quantitative estimate of drug-likeness (QED) is 0.761. The lowest BCUT2D eigenvalue weighted by atomic mass is 10.0. The second kappa shape index (κ2) is 7.72. The first-order chi connectivity index (χ1) is 13.6. The molecular formula is C23H23N3O2. The minimum Gasteiger partial charge on any atom is -0.368 e. The fourth-order valence-electron chi connectivity index (χ4n) is 3.66. The molecule has 5 heteroatoms. The standard InChI is InChI=1S/C23H23N3O2/c1-17(27)25-13-15-26(16-14-25)20-11-9-19(10-12-20)24-23(28)22-8-4-6-18-5-2-3-7-21(18)22/h2-12H,13-16H2,1H3,(H,24,28). The zero-order chi connectivity index (χ0) is 19.5. The molecule has 5 nitrogen and oxygen atoms in total. The second-order valence-electron chi connectivity index (χ2n) is 7.02. The fraction of sp³-hybridized carbons (Fsp3) is 0.217. The van der Waals surface area contributed by atoms with Crippen LogP contribution in [0, 0.1) is 0 Å². The van der Waals surface area contributed by atoms with Gasteiger partial charge in [0.25, 0.3) is 5.91 Å². The number of carbonyl (C=O) groups excluding carboxylic acids is 2. The maximum absolute atomic E-state index is 12.8. The minimum atomic E-state index is -0.111. The lowest BCUT2D eigenvalue weighted by Gasteiger charge is -2.35. The van der Waals surface area contributed by atoms with Crippen molar-refractivity contribution in [1.29, 1.82) is 0 Å². The van der Waals surface area contributed by atoms with E-state index in [9.17, 15) is 9.59 Å². The molecule has 2 amide bonds. The maximum Gasteiger partial charge on any atom is 0.256 e. The number of hydrogen-bond acceptors (Lipinski definition) is 3. The Morgan fingerprint density at radius 3 is 2.21 bits per heavy atom. The van der Waals surface area contributed by atoms with Gasteiger partial charge in [-0.05, 0) is 41.1 Å². The molecule has 0 aliphatic carbocycles. The van der Waals surface area contributed by atoms with Crippen molar-refractivity contribution < 1.29 is 9.59 Å². The number of carbonyl (C=O) groups is 2. The molecule has 1 saturated heterocycles. The molecule has 0 atom stereocenters. The van der Waals surface area contributed by atoms with Crippen molar-refractivity contribution in [1.82, 2.24) is 4.90 Å². The van der Waals surface area contributed by atoms with Crippen molar-refractivity contribution in [2.45, 2.75) is 6.92 Å². The first-order valence-electron chi connectivity index (χ1n) is 9.51. The second-order valence-corrected chi connectivity index (χ2v) is 7.02. The normalized spacial score (nSPS) is 14.2. The highest BCUT2D eigenvalue weighted by molar-refractivity contribution is 6.12. The van der Waals surface area contributed by atoms with Crippen molar-refractivity contribution >= 4 is 34.0 Å². The van der Waals surface area contributed by atoms with E-state index in [0.29, 0.717) is 5.56 Å². The lowest BCUT2D eigenvalue weighted by Crippen LogP contribution is -2.48. The summed E-state index contributed by atoms with van der Waals surface area (Å²) in [4.78, 5) is 28.3. The predicted octanol–water partition coefficient (Wildman–Crippen LogP) is 3.76. The molecule has 28 heavy (non-hydrogen) atoms. The predicted molar refractivity (Wildman–Crippen MR) is 113 cm³/mol. The third-order valence-electron chi connectivity index (χ3n) is 5.25. The number of amides is 2. The van der Waals surface area contributed by atoms with Gasteiger partial charge in [-0.25, -0.2) is 0 Å². The van der Waals surface area contributed by atoms with E-state index in [1.165, 1.54) is 0 Å². The number of piperazine rings is 1. The van der Waals surface area contributed by atoms with Crippen molar-refractivity contribution in [2.24, 2.45) is 0 Å². The Bertz CT molecular complexity index is 1000. The van der Waals surface area contributed by atoms with Crippen LogP contribution < -0.4 is 10.2 Å². The SMILES string of the molecule is CC(=O)N1CCN(c2ccc(NC(=O)c3cccc4ccccc34)cc2)CC1. The Hall–Kier alpha value is -3.34. The van der Waals surface area contributed by atoms with Crippen LogP contribution in [-0.2, 0) is 4.79 Å². The molecule has 0 saturated carbocycles. The highest BCUT2D eigenvalue weighted by Crippen LogP contribution is 2.22. The highest BCUT2D eigenvalue weighted by atomic mass is 16.2. The summed E-state index contributed by atoms with van der Waals surface area (Å²) in [7, 11) is 0. The number of hydrogen-bond donors (Lipinski definition) is 1. The summed E-state index contributed by atoms with van der Waals surface area (Å²) in [6.45, 7) is 4.75. The van der Waals surface area contributed by atoms with Crippen molar-refractivity contribution in [3.8, 4) is 0 Å². The number of rotatable bonds is 3. The molecule has 1 heterocycles. The van der Waals surface area contributed by atoms with E-state index >= 15 is 0 Å². The van der Waals surface area contributed by atoms with E-state index < -0.39 is 0 Å². The molecule has 0 unspecified atom stereocenters. The first-order valence-corrected chi connectivity index (χ1v) is 9.51. The summed E-state index contributed by atoms with van der Waals surface area (Å²) in [5.74, 6) is 0.0192. The Morgan fingerprint density at radius 2 is 1.50 bits per heavy atom. The van der Waals surface area contributed by atoms with Crippen LogP contribution in [-0.4, -0.2) is 42.9 Å². The number of benzene rings is 3. The largest absolute Gasteiger partial charge is 0.368 e. The van der Waals surface area contributed by atoms with Crippen molar-refractivity contribution in [2.75, 3.05) is 36.4 Å². The molecule has 0 bridgehead atoms. The third kappa shape index (κ3) is 3.69. The van der Waals surface area contributed by atoms with Crippen LogP contribution in [0.5, 0.6) is 0 Å². The molecule has 0 radical (unpaired) electrons. The number of fused-ring (bicyclic) bond motifs is 1. The maximum atomic E-state index is 12.8. The van der Waals surface area contributed by atoms with Gasteiger partial charge in [-0.1, -0.05) is 36.4 Å². The Kier molecular flexibility index (Phi) is 4.98. The molecule has 4 rings (SSSR count). The zero-order valence-electron chi connectivity index (χ0n) is 15.9. The average molecular weight is 373 g/mol. The van der Waals surface area contributed by atoms with E-state index in [1.54, 1.807) is 6.92 Å². The summed E-state index contributed by atoms with van der Waals surface area (Å²) in [5, 5.41) is 4.99. The summed E-state index contributed by atoms with van der Waals surface area (Å²) >= 11 is 0. The summed E-state index contributed by atoms with van der Waals surface area (Å²) in [6, 6.07) is 21.5. The van der Waals surface area contributed by atoms with Gasteiger partial charge in [0, 0.05) is 50.0 Å². The van der Waals surface area contributed by atoms with E-state index in [4.69, 9.17) is 0 Å². The van der Waals surface area contributed by atoms with Gasteiger partial charge in [-0.3, -0.25) is 9.59 Å². The summed E-state index contributed by atoms with van der Waals surface area (Å²) in [5.41, 5.74) is 2.54. The average Bonchev–Trinajstić information content (AvgIpc) is 2.74. The smallest absolute Gasteiger partial charge is 0.256 e. The molecule has 0 spiro atoms. The fourth-order valence-corrected chi connectivity index (χ4v) is 3.66. The number of nitrogens with zero attached hydrogens (tertiary/aromatic N) is 2. The van der Waals surface area contributed by atoms with E-state index in [2.05, 4.69) is 10.2 Å². The minimum absolute atomic E-state index is 0.111. The molecule has 0 aromatic heterocycles. The summed E-state index contributed by atoms with van der Waals surface area (Å²) < 4.78 is 0. The van der Waals surface area contributed by atoms with Crippen LogP contribution in [0.1, 0.15) is 17.3 Å². The molecule has 1 N–H and O–H groups in total. The van der Waals surface area contributed by atoms with Crippen LogP contribution in [0.4, 0.5) is 11.4 Å². The van der Waals surface area contributed by atoms with E-state index in [1.807, 2.05) is 71.6 Å². The first kappa shape index (κ1) is 18.0.